The normalized spacial score (nSPS) is 34.1. The van der Waals surface area contributed by atoms with Gasteiger partial charge in [-0.1, -0.05) is 20.3 Å². The van der Waals surface area contributed by atoms with Gasteiger partial charge in [-0.25, -0.2) is 0 Å². The first-order chi connectivity index (χ1) is 8.06. The summed E-state index contributed by atoms with van der Waals surface area (Å²) in [6.07, 6.45) is 6.32. The molecular weight excluding hydrogens is 212 g/mol. The highest BCUT2D eigenvalue weighted by Gasteiger charge is 2.49. The van der Waals surface area contributed by atoms with Gasteiger partial charge in [-0.15, -0.1) is 0 Å². The van der Waals surface area contributed by atoms with E-state index in [1.54, 1.807) is 0 Å². The molecule has 0 radical (unpaired) electrons. The van der Waals surface area contributed by atoms with Crippen LogP contribution in [0.1, 0.15) is 52.4 Å². The molecule has 0 unspecified atom stereocenters. The number of nitrogens with one attached hydrogen (secondary N) is 1. The number of nitriles is 1. The first kappa shape index (κ1) is 12.4. The van der Waals surface area contributed by atoms with Crippen molar-refractivity contribution in [2.45, 2.75) is 52.4 Å². The molecule has 0 spiro atoms. The SMILES string of the molecule is CCC1(CNC(=O)C2(C#N)CC(C)C2)CCC1. The summed E-state index contributed by atoms with van der Waals surface area (Å²) in [5, 5.41) is 12.2. The van der Waals surface area contributed by atoms with Gasteiger partial charge in [0, 0.05) is 6.54 Å². The van der Waals surface area contributed by atoms with Gasteiger partial charge in [0.15, 0.2) is 0 Å². The summed E-state index contributed by atoms with van der Waals surface area (Å²) in [7, 11) is 0. The number of rotatable bonds is 4. The number of carbonyl (C=O) groups is 1. The van der Waals surface area contributed by atoms with Crippen LogP contribution in [0.25, 0.3) is 0 Å². The lowest BCUT2D eigenvalue weighted by atomic mass is 9.62. The zero-order valence-electron chi connectivity index (χ0n) is 10.9. The quantitative estimate of drug-likeness (QED) is 0.813. The topological polar surface area (TPSA) is 52.9 Å². The molecule has 0 atom stereocenters. The molecule has 0 aromatic carbocycles. The summed E-state index contributed by atoms with van der Waals surface area (Å²) >= 11 is 0. The minimum Gasteiger partial charge on any atom is -0.354 e. The molecule has 0 aromatic heterocycles. The second-order valence-corrected chi connectivity index (χ2v) is 6.10. The van der Waals surface area contributed by atoms with Crippen LogP contribution in [0.15, 0.2) is 0 Å². The third-order valence-corrected chi connectivity index (χ3v) is 4.83. The second kappa shape index (κ2) is 4.33. The van der Waals surface area contributed by atoms with Gasteiger partial charge in [0.1, 0.15) is 5.41 Å². The molecule has 0 heterocycles. The molecule has 3 nitrogen and oxygen atoms in total. The van der Waals surface area contributed by atoms with E-state index in [2.05, 4.69) is 25.2 Å². The Morgan fingerprint density at radius 1 is 1.47 bits per heavy atom. The average molecular weight is 234 g/mol. The molecule has 2 saturated carbocycles. The molecule has 2 fully saturated rings. The molecular formula is C14H22N2O. The summed E-state index contributed by atoms with van der Waals surface area (Å²) in [5.74, 6) is 0.488. The van der Waals surface area contributed by atoms with Gasteiger partial charge in [0.05, 0.1) is 6.07 Å². The van der Waals surface area contributed by atoms with Gasteiger partial charge in [0.25, 0.3) is 0 Å². The lowest BCUT2D eigenvalue weighted by Crippen LogP contribution is -2.51. The minimum absolute atomic E-state index is 0.0298. The first-order valence-electron chi connectivity index (χ1n) is 6.75. The molecule has 0 aromatic rings. The zero-order valence-corrected chi connectivity index (χ0v) is 10.9. The zero-order chi connectivity index (χ0) is 12.5. The van der Waals surface area contributed by atoms with Gasteiger partial charge < -0.3 is 5.32 Å². The summed E-state index contributed by atoms with van der Waals surface area (Å²) in [4.78, 5) is 12.1. The Morgan fingerprint density at radius 3 is 2.47 bits per heavy atom. The first-order valence-corrected chi connectivity index (χ1v) is 6.75. The maximum Gasteiger partial charge on any atom is 0.240 e. The Morgan fingerprint density at radius 2 is 2.12 bits per heavy atom. The van der Waals surface area contributed by atoms with Crippen molar-refractivity contribution >= 4 is 5.91 Å². The fourth-order valence-electron chi connectivity index (χ4n) is 3.23. The van der Waals surface area contributed by atoms with E-state index in [9.17, 15) is 10.1 Å². The van der Waals surface area contributed by atoms with E-state index in [0.717, 1.165) is 25.8 Å². The largest absolute Gasteiger partial charge is 0.354 e. The van der Waals surface area contributed by atoms with E-state index in [1.807, 2.05) is 0 Å². The molecule has 2 aliphatic carbocycles. The highest BCUT2D eigenvalue weighted by atomic mass is 16.2. The van der Waals surface area contributed by atoms with Crippen molar-refractivity contribution in [1.82, 2.24) is 5.32 Å². The van der Waals surface area contributed by atoms with Gasteiger partial charge in [-0.3, -0.25) is 4.79 Å². The van der Waals surface area contributed by atoms with Crippen LogP contribution >= 0.6 is 0 Å². The standard InChI is InChI=1S/C14H22N2O/c1-3-13(5-4-6-13)10-16-12(17)14(9-15)7-11(2)8-14/h11H,3-8,10H2,1-2H3,(H,16,17). The molecule has 2 aliphatic rings. The molecule has 3 heteroatoms. The Hall–Kier alpha value is -1.04. The maximum absolute atomic E-state index is 12.1. The molecule has 0 saturated heterocycles. The summed E-state index contributed by atoms with van der Waals surface area (Å²) in [5.41, 5.74) is -0.375. The molecule has 0 aliphatic heterocycles. The van der Waals surface area contributed by atoms with Gasteiger partial charge in [-0.05, 0) is 43.4 Å². The fourth-order valence-corrected chi connectivity index (χ4v) is 3.23. The summed E-state index contributed by atoms with van der Waals surface area (Å²) in [6.45, 7) is 5.05. The molecule has 0 bridgehead atoms. The van der Waals surface area contributed by atoms with Crippen LogP contribution < -0.4 is 5.32 Å². The van der Waals surface area contributed by atoms with E-state index in [1.165, 1.54) is 19.3 Å². The minimum atomic E-state index is -0.710. The molecule has 17 heavy (non-hydrogen) atoms. The maximum atomic E-state index is 12.1. The average Bonchev–Trinajstić information content (AvgIpc) is 2.23. The van der Waals surface area contributed by atoms with Crippen LogP contribution in [0.3, 0.4) is 0 Å². The van der Waals surface area contributed by atoms with Crippen molar-refractivity contribution in [3.8, 4) is 6.07 Å². The van der Waals surface area contributed by atoms with Crippen molar-refractivity contribution in [3.05, 3.63) is 0 Å². The fraction of sp³-hybridized carbons (Fsp3) is 0.857. The molecule has 1 amide bonds. The van der Waals surface area contributed by atoms with Gasteiger partial charge in [-0.2, -0.15) is 5.26 Å². The molecule has 2 rings (SSSR count). The Bertz CT molecular complexity index is 340. The predicted octanol–water partition coefficient (Wildman–Crippen LogP) is 2.62. The number of carbonyl (C=O) groups excluding carboxylic acids is 1. The number of hydrogen-bond acceptors (Lipinski definition) is 2. The van der Waals surface area contributed by atoms with Crippen molar-refractivity contribution in [2.24, 2.45) is 16.7 Å². The highest BCUT2D eigenvalue weighted by Crippen LogP contribution is 2.46. The highest BCUT2D eigenvalue weighted by molar-refractivity contribution is 5.86. The second-order valence-electron chi connectivity index (χ2n) is 6.10. The Kier molecular flexibility index (Phi) is 3.16. The van der Waals surface area contributed by atoms with Crippen LogP contribution in [0.4, 0.5) is 0 Å². The smallest absolute Gasteiger partial charge is 0.240 e. The third kappa shape index (κ3) is 2.06. The van der Waals surface area contributed by atoms with Gasteiger partial charge in [0.2, 0.25) is 5.91 Å². The third-order valence-electron chi connectivity index (χ3n) is 4.83. The van der Waals surface area contributed by atoms with E-state index in [-0.39, 0.29) is 5.91 Å². The van der Waals surface area contributed by atoms with Gasteiger partial charge >= 0.3 is 0 Å². The van der Waals surface area contributed by atoms with Crippen molar-refractivity contribution in [3.63, 3.8) is 0 Å². The number of amides is 1. The number of hydrogen-bond donors (Lipinski definition) is 1. The van der Waals surface area contributed by atoms with E-state index >= 15 is 0 Å². The number of nitrogens with zero attached hydrogens (tertiary/aromatic N) is 1. The summed E-state index contributed by atoms with van der Waals surface area (Å²) in [6, 6.07) is 2.22. The van der Waals surface area contributed by atoms with E-state index in [4.69, 9.17) is 0 Å². The lowest BCUT2D eigenvalue weighted by Gasteiger charge is -2.44. The van der Waals surface area contributed by atoms with Crippen molar-refractivity contribution in [2.75, 3.05) is 6.54 Å². The molecule has 94 valence electrons. The van der Waals surface area contributed by atoms with E-state index < -0.39 is 5.41 Å². The van der Waals surface area contributed by atoms with Crippen LogP contribution in [0, 0.1) is 28.1 Å². The summed E-state index contributed by atoms with van der Waals surface area (Å²) < 4.78 is 0. The lowest BCUT2D eigenvalue weighted by molar-refractivity contribution is -0.134. The Balaban J connectivity index is 1.87. The Labute approximate surface area is 104 Å². The van der Waals surface area contributed by atoms with Crippen molar-refractivity contribution in [1.29, 1.82) is 5.26 Å². The van der Waals surface area contributed by atoms with Crippen LogP contribution in [-0.4, -0.2) is 12.5 Å². The van der Waals surface area contributed by atoms with Crippen LogP contribution in [0.2, 0.25) is 0 Å². The predicted molar refractivity (Wildman–Crippen MR) is 66.0 cm³/mol. The van der Waals surface area contributed by atoms with Crippen LogP contribution in [0.5, 0.6) is 0 Å². The van der Waals surface area contributed by atoms with Crippen molar-refractivity contribution < 1.29 is 4.79 Å². The molecule has 1 N–H and O–H groups in total. The van der Waals surface area contributed by atoms with E-state index in [0.29, 0.717) is 11.3 Å². The monoisotopic (exact) mass is 234 g/mol. The van der Waals surface area contributed by atoms with Crippen LogP contribution in [-0.2, 0) is 4.79 Å².